The Morgan fingerprint density at radius 2 is 2.32 bits per heavy atom. The highest BCUT2D eigenvalue weighted by Crippen LogP contribution is 2.15. The highest BCUT2D eigenvalue weighted by atomic mass is 32.1. The first-order valence-corrected chi connectivity index (χ1v) is 6.48. The first-order valence-electron chi connectivity index (χ1n) is 6.07. The van der Waals surface area contributed by atoms with Crippen molar-refractivity contribution in [3.8, 4) is 6.07 Å². The summed E-state index contributed by atoms with van der Waals surface area (Å²) in [4.78, 5) is 3.13. The maximum absolute atomic E-state index is 8.94. The lowest BCUT2D eigenvalue weighted by atomic mass is 10.2. The average Bonchev–Trinajstić information content (AvgIpc) is 2.74. The van der Waals surface area contributed by atoms with E-state index >= 15 is 0 Å². The Morgan fingerprint density at radius 3 is 3.05 bits per heavy atom. The first-order chi connectivity index (χ1) is 9.26. The number of hydrogen-bond donors (Lipinski definition) is 1. The summed E-state index contributed by atoms with van der Waals surface area (Å²) in [7, 11) is 0. The lowest BCUT2D eigenvalue weighted by Crippen LogP contribution is -2.06. The molecule has 0 fully saturated rings. The third-order valence-corrected chi connectivity index (χ3v) is 3.15. The quantitative estimate of drug-likeness (QED) is 0.499. The van der Waals surface area contributed by atoms with Crippen LogP contribution < -0.4 is 0 Å². The fourth-order valence-corrected chi connectivity index (χ4v) is 2.17. The minimum absolute atomic E-state index is 0.589. The number of ether oxygens (including phenoxy) is 1. The van der Waals surface area contributed by atoms with Crippen molar-refractivity contribution in [3.05, 3.63) is 41.2 Å². The Bertz CT molecular complexity index is 678. The van der Waals surface area contributed by atoms with Crippen LogP contribution in [-0.2, 0) is 11.3 Å². The zero-order chi connectivity index (χ0) is 13.7. The van der Waals surface area contributed by atoms with Gasteiger partial charge in [0.25, 0.3) is 0 Å². The zero-order valence-electron chi connectivity index (χ0n) is 10.6. The van der Waals surface area contributed by atoms with Gasteiger partial charge in [0.2, 0.25) is 0 Å². The van der Waals surface area contributed by atoms with E-state index in [1.54, 1.807) is 6.07 Å². The third kappa shape index (κ3) is 3.11. The van der Waals surface area contributed by atoms with Crippen molar-refractivity contribution in [1.29, 1.82) is 5.26 Å². The van der Waals surface area contributed by atoms with Crippen LogP contribution in [0.15, 0.2) is 30.9 Å². The summed E-state index contributed by atoms with van der Waals surface area (Å²) in [5.41, 5.74) is 2.51. The number of nitrogens with zero attached hydrogens (tertiary/aromatic N) is 2. The molecule has 1 aromatic heterocycles. The highest BCUT2D eigenvalue weighted by molar-refractivity contribution is 7.71. The minimum Gasteiger partial charge on any atom is -0.379 e. The number of benzene rings is 1. The number of H-pyrrole nitrogens is 1. The minimum atomic E-state index is 0.589. The number of imidazole rings is 1. The van der Waals surface area contributed by atoms with E-state index in [2.05, 4.69) is 17.6 Å². The van der Waals surface area contributed by atoms with Gasteiger partial charge in [0.05, 0.1) is 35.9 Å². The number of fused-ring (bicyclic) bond motifs is 1. The first kappa shape index (κ1) is 13.5. The van der Waals surface area contributed by atoms with Crippen LogP contribution in [-0.4, -0.2) is 22.8 Å². The summed E-state index contributed by atoms with van der Waals surface area (Å²) in [5.74, 6) is 0. The molecule has 1 heterocycles. The van der Waals surface area contributed by atoms with Gasteiger partial charge in [-0.1, -0.05) is 6.08 Å². The maximum Gasteiger partial charge on any atom is 0.178 e. The number of rotatable bonds is 6. The van der Waals surface area contributed by atoms with Crippen LogP contribution in [0.3, 0.4) is 0 Å². The smallest absolute Gasteiger partial charge is 0.178 e. The molecule has 0 bridgehead atoms. The van der Waals surface area contributed by atoms with Gasteiger partial charge < -0.3 is 14.3 Å². The second-order valence-corrected chi connectivity index (χ2v) is 4.50. The van der Waals surface area contributed by atoms with E-state index in [-0.39, 0.29) is 0 Å². The Balaban J connectivity index is 2.17. The molecule has 0 amide bonds. The van der Waals surface area contributed by atoms with E-state index in [0.29, 0.717) is 30.1 Å². The van der Waals surface area contributed by atoms with Crippen LogP contribution in [0.4, 0.5) is 0 Å². The van der Waals surface area contributed by atoms with E-state index in [0.717, 1.165) is 17.5 Å². The molecule has 0 radical (unpaired) electrons. The van der Waals surface area contributed by atoms with Gasteiger partial charge >= 0.3 is 0 Å². The van der Waals surface area contributed by atoms with Gasteiger partial charge in [0, 0.05) is 6.54 Å². The van der Waals surface area contributed by atoms with E-state index < -0.39 is 0 Å². The Kier molecular flexibility index (Phi) is 4.50. The number of hydrogen-bond acceptors (Lipinski definition) is 3. The van der Waals surface area contributed by atoms with E-state index in [1.807, 2.05) is 22.8 Å². The summed E-state index contributed by atoms with van der Waals surface area (Å²) >= 11 is 5.29. The molecule has 0 aliphatic heterocycles. The Hall–Kier alpha value is -1.90. The standard InChI is InChI=1S/C14H15N3OS/c1-2-3-7-18-8-6-17-13-9-11(10-15)4-5-12(13)16-14(17)19/h2,4-5,9H,1,3,6-8H2,(H,16,19). The molecule has 5 heteroatoms. The molecule has 4 nitrogen and oxygen atoms in total. The molecule has 0 spiro atoms. The van der Waals surface area contributed by atoms with Crippen LogP contribution >= 0.6 is 12.2 Å². The molecule has 98 valence electrons. The van der Waals surface area contributed by atoms with Gasteiger partial charge in [-0.05, 0) is 36.8 Å². The zero-order valence-corrected chi connectivity index (χ0v) is 11.4. The molecular formula is C14H15N3OS. The van der Waals surface area contributed by atoms with Gasteiger partial charge in [-0.3, -0.25) is 0 Å². The van der Waals surface area contributed by atoms with Gasteiger partial charge in [-0.2, -0.15) is 5.26 Å². The monoisotopic (exact) mass is 273 g/mol. The molecule has 1 N–H and O–H groups in total. The molecule has 19 heavy (non-hydrogen) atoms. The molecule has 1 aromatic carbocycles. The summed E-state index contributed by atoms with van der Waals surface area (Å²) < 4.78 is 8.10. The lowest BCUT2D eigenvalue weighted by molar-refractivity contribution is 0.131. The van der Waals surface area contributed by atoms with Gasteiger partial charge in [0.15, 0.2) is 4.77 Å². The predicted molar refractivity (Wildman–Crippen MR) is 77.5 cm³/mol. The van der Waals surface area contributed by atoms with Crippen LogP contribution in [0.5, 0.6) is 0 Å². The van der Waals surface area contributed by atoms with Crippen molar-refractivity contribution >= 4 is 23.3 Å². The topological polar surface area (TPSA) is 53.7 Å². The molecule has 0 atom stereocenters. The number of aromatic nitrogens is 2. The van der Waals surface area contributed by atoms with E-state index in [1.165, 1.54) is 0 Å². The number of nitrogens with one attached hydrogen (secondary N) is 1. The number of aromatic amines is 1. The van der Waals surface area contributed by atoms with E-state index in [4.69, 9.17) is 22.2 Å². The third-order valence-electron chi connectivity index (χ3n) is 2.83. The Morgan fingerprint density at radius 1 is 1.47 bits per heavy atom. The Labute approximate surface area is 116 Å². The van der Waals surface area contributed by atoms with Crippen molar-refractivity contribution in [2.75, 3.05) is 13.2 Å². The molecule has 0 saturated heterocycles. The van der Waals surface area contributed by atoms with Crippen LogP contribution in [0, 0.1) is 16.1 Å². The molecule has 2 rings (SSSR count). The van der Waals surface area contributed by atoms with Gasteiger partial charge in [-0.25, -0.2) is 0 Å². The molecule has 0 saturated carbocycles. The van der Waals surface area contributed by atoms with Crippen molar-refractivity contribution in [3.63, 3.8) is 0 Å². The SMILES string of the molecule is C=CCCOCCn1c(=S)[nH]c2ccc(C#N)cc21. The normalized spacial score (nSPS) is 10.5. The molecular weight excluding hydrogens is 258 g/mol. The number of nitriles is 1. The molecule has 2 aromatic rings. The molecule has 0 unspecified atom stereocenters. The van der Waals surface area contributed by atoms with Gasteiger partial charge in [0.1, 0.15) is 0 Å². The van der Waals surface area contributed by atoms with Crippen molar-refractivity contribution in [1.82, 2.24) is 9.55 Å². The highest BCUT2D eigenvalue weighted by Gasteiger charge is 2.05. The fraction of sp³-hybridized carbons (Fsp3) is 0.286. The maximum atomic E-state index is 8.94. The summed E-state index contributed by atoms with van der Waals surface area (Å²) in [6.07, 6.45) is 2.68. The van der Waals surface area contributed by atoms with Crippen molar-refractivity contribution in [2.24, 2.45) is 0 Å². The van der Waals surface area contributed by atoms with Crippen molar-refractivity contribution in [2.45, 2.75) is 13.0 Å². The average molecular weight is 273 g/mol. The second kappa shape index (κ2) is 6.32. The second-order valence-electron chi connectivity index (χ2n) is 4.12. The van der Waals surface area contributed by atoms with Crippen molar-refractivity contribution < 1.29 is 4.74 Å². The van der Waals surface area contributed by atoms with Gasteiger partial charge in [-0.15, -0.1) is 6.58 Å². The molecule has 0 aliphatic rings. The molecule has 0 aliphatic carbocycles. The summed E-state index contributed by atoms with van der Waals surface area (Å²) in [6, 6.07) is 7.62. The predicted octanol–water partition coefficient (Wildman–Crippen LogP) is 3.16. The van der Waals surface area contributed by atoms with E-state index in [9.17, 15) is 0 Å². The van der Waals surface area contributed by atoms with Crippen LogP contribution in [0.2, 0.25) is 0 Å². The fourth-order valence-electron chi connectivity index (χ4n) is 1.87. The lowest BCUT2D eigenvalue weighted by Gasteiger charge is -2.05. The summed E-state index contributed by atoms with van der Waals surface area (Å²) in [6.45, 7) is 5.57. The summed E-state index contributed by atoms with van der Waals surface area (Å²) in [5, 5.41) is 8.94. The van der Waals surface area contributed by atoms with Crippen LogP contribution in [0.25, 0.3) is 11.0 Å². The largest absolute Gasteiger partial charge is 0.379 e. The van der Waals surface area contributed by atoms with Crippen LogP contribution in [0.1, 0.15) is 12.0 Å².